The third-order valence-corrected chi connectivity index (χ3v) is 8.51. The largest absolute Gasteiger partial charge is 0.440 e. The monoisotopic (exact) mass is 680 g/mol. The van der Waals surface area contributed by atoms with E-state index >= 15 is 0 Å². The smallest absolute Gasteiger partial charge is 0.253 e. The molecule has 3 aromatic rings. The summed E-state index contributed by atoms with van der Waals surface area (Å²) >= 11 is 12.7. The molecule has 2 aliphatic heterocycles. The maximum atomic E-state index is 14.4. The van der Waals surface area contributed by atoms with Crippen LogP contribution in [0.15, 0.2) is 48.7 Å². The number of carbonyl (C=O) groups excluding carboxylic acids is 2. The number of hydrogen-bond donors (Lipinski definition) is 0. The fourth-order valence-electron chi connectivity index (χ4n) is 5.43. The maximum absolute atomic E-state index is 14.4. The summed E-state index contributed by atoms with van der Waals surface area (Å²) in [5.74, 6) is -0.122. The number of piperazine rings is 1. The third-order valence-electron chi connectivity index (χ3n) is 7.87. The van der Waals surface area contributed by atoms with E-state index in [4.69, 9.17) is 23.2 Å². The normalized spacial score (nSPS) is 20.1. The molecule has 1 saturated carbocycles. The minimum absolute atomic E-state index is 0. The summed E-state index contributed by atoms with van der Waals surface area (Å²) < 4.78 is 14.4. The fourth-order valence-corrected chi connectivity index (χ4v) is 5.90. The van der Waals surface area contributed by atoms with Gasteiger partial charge >= 0.3 is 0 Å². The predicted molar refractivity (Wildman–Crippen MR) is 151 cm³/mol. The van der Waals surface area contributed by atoms with E-state index in [-0.39, 0.29) is 49.6 Å². The first kappa shape index (κ1) is 29.2. The average molecular weight is 680 g/mol. The Labute approximate surface area is 262 Å². The number of pyridine rings is 1. The van der Waals surface area contributed by atoms with Gasteiger partial charge in [-0.15, -0.1) is 0 Å². The molecule has 11 heteroatoms. The van der Waals surface area contributed by atoms with E-state index in [1.165, 1.54) is 24.6 Å². The van der Waals surface area contributed by atoms with Crippen molar-refractivity contribution in [3.8, 4) is 11.1 Å². The van der Waals surface area contributed by atoms with Crippen molar-refractivity contribution >= 4 is 46.5 Å². The van der Waals surface area contributed by atoms with Crippen LogP contribution in [0, 0.1) is 17.7 Å². The van der Waals surface area contributed by atoms with Crippen molar-refractivity contribution in [3.05, 3.63) is 81.0 Å². The molecule has 204 valence electrons. The molecule has 2 aromatic carbocycles. The Balaban J connectivity index is 0.00000323. The SMILES string of the molecule is CN1CCN(C(=O)c2ccc(Cl)c(-c3cnc([N-]C(=O)c4c(F)cccc4Cl)c(N4CC5CC5C4)c3)c2)CC1.[Cd]. The van der Waals surface area contributed by atoms with Crippen molar-refractivity contribution in [2.45, 2.75) is 6.42 Å². The number of likely N-dealkylation sites (N-methyl/N-ethyl adjacent to an activating group) is 1. The second kappa shape index (κ2) is 11.9. The average Bonchev–Trinajstić information content (AvgIpc) is 3.53. The molecular formula is C29H27CdCl2FN5O2-. The van der Waals surface area contributed by atoms with Gasteiger partial charge < -0.3 is 25.0 Å². The van der Waals surface area contributed by atoms with Crippen molar-refractivity contribution in [2.75, 3.05) is 51.2 Å². The molecule has 1 aliphatic carbocycles. The summed E-state index contributed by atoms with van der Waals surface area (Å²) in [5.41, 5.74) is 2.33. The number of amides is 2. The number of aromatic nitrogens is 1. The summed E-state index contributed by atoms with van der Waals surface area (Å²) in [6.45, 7) is 4.68. The van der Waals surface area contributed by atoms with Gasteiger partial charge in [0.1, 0.15) is 5.82 Å². The Kier molecular flexibility index (Phi) is 8.70. The first-order valence-corrected chi connectivity index (χ1v) is 13.8. The molecule has 2 unspecified atom stereocenters. The molecule has 3 heterocycles. The second-order valence-corrected chi connectivity index (χ2v) is 11.3. The number of rotatable bonds is 5. The number of nitrogens with zero attached hydrogens (tertiary/aromatic N) is 5. The van der Waals surface area contributed by atoms with E-state index in [0.717, 1.165) is 26.2 Å². The molecule has 0 radical (unpaired) electrons. The van der Waals surface area contributed by atoms with Gasteiger partial charge in [0.2, 0.25) is 0 Å². The van der Waals surface area contributed by atoms with Crippen LogP contribution in [0.5, 0.6) is 0 Å². The van der Waals surface area contributed by atoms with Gasteiger partial charge in [0.25, 0.3) is 5.91 Å². The minimum Gasteiger partial charge on any atom is -0.440 e. The zero-order chi connectivity index (χ0) is 27.3. The molecular weight excluding hydrogens is 653 g/mol. The van der Waals surface area contributed by atoms with Crippen molar-refractivity contribution in [1.29, 1.82) is 0 Å². The molecule has 0 bridgehead atoms. The van der Waals surface area contributed by atoms with Crippen LogP contribution in [-0.2, 0) is 27.3 Å². The molecule has 3 aliphatic rings. The van der Waals surface area contributed by atoms with Gasteiger partial charge in [-0.3, -0.25) is 9.59 Å². The van der Waals surface area contributed by atoms with Gasteiger partial charge in [-0.25, -0.2) is 4.39 Å². The van der Waals surface area contributed by atoms with E-state index in [9.17, 15) is 14.0 Å². The van der Waals surface area contributed by atoms with Crippen LogP contribution in [-0.4, -0.2) is 72.9 Å². The Bertz CT molecular complexity index is 1440. The topological polar surface area (TPSA) is 70.8 Å². The zero-order valence-corrected chi connectivity index (χ0v) is 27.7. The third kappa shape index (κ3) is 5.86. The number of halogens is 3. The second-order valence-electron chi connectivity index (χ2n) is 10.5. The molecule has 7 nitrogen and oxygen atoms in total. The summed E-state index contributed by atoms with van der Waals surface area (Å²) in [6, 6.07) is 11.2. The minimum atomic E-state index is -0.790. The molecule has 6 rings (SSSR count). The number of hydrogen-bond acceptors (Lipinski definition) is 5. The molecule has 1 aromatic heterocycles. The molecule has 0 spiro atoms. The van der Waals surface area contributed by atoms with Gasteiger partial charge in [-0.1, -0.05) is 35.5 Å². The van der Waals surface area contributed by atoms with Gasteiger partial charge in [0.05, 0.1) is 10.6 Å². The van der Waals surface area contributed by atoms with Crippen LogP contribution in [0.2, 0.25) is 10.0 Å². The van der Waals surface area contributed by atoms with Crippen molar-refractivity contribution < 1.29 is 41.3 Å². The van der Waals surface area contributed by atoms with E-state index in [0.29, 0.717) is 52.3 Å². The summed E-state index contributed by atoms with van der Waals surface area (Å²) in [7, 11) is 2.05. The summed E-state index contributed by atoms with van der Waals surface area (Å²) in [6.07, 6.45) is 2.78. The maximum Gasteiger partial charge on any atom is 0.253 e. The quantitative estimate of drug-likeness (QED) is 0.315. The van der Waals surface area contributed by atoms with Crippen LogP contribution in [0.3, 0.4) is 0 Å². The molecule has 3 fully saturated rings. The number of fused-ring (bicyclic) bond motifs is 1. The summed E-state index contributed by atoms with van der Waals surface area (Å²) in [5, 5.41) is 4.68. The first-order chi connectivity index (χ1) is 18.8. The molecule has 2 atom stereocenters. The Morgan fingerprint density at radius 2 is 1.73 bits per heavy atom. The first-order valence-electron chi connectivity index (χ1n) is 13.0. The molecule has 2 amide bonds. The van der Waals surface area contributed by atoms with Crippen LogP contribution >= 0.6 is 23.2 Å². The van der Waals surface area contributed by atoms with Gasteiger partial charge in [0.15, 0.2) is 5.91 Å². The van der Waals surface area contributed by atoms with Crippen LogP contribution in [0.25, 0.3) is 16.4 Å². The number of anilines is 1. The number of benzene rings is 2. The number of piperidine rings is 1. The van der Waals surface area contributed by atoms with E-state index in [1.54, 1.807) is 24.4 Å². The van der Waals surface area contributed by atoms with Crippen molar-refractivity contribution in [3.63, 3.8) is 0 Å². The Morgan fingerprint density at radius 1 is 1.00 bits per heavy atom. The van der Waals surface area contributed by atoms with Gasteiger partial charge in [-0.05, 0) is 73.1 Å². The Morgan fingerprint density at radius 3 is 2.42 bits per heavy atom. The fraction of sp³-hybridized carbons (Fsp3) is 0.345. The van der Waals surface area contributed by atoms with E-state index < -0.39 is 11.7 Å². The van der Waals surface area contributed by atoms with E-state index in [2.05, 4.69) is 20.1 Å². The summed E-state index contributed by atoms with van der Waals surface area (Å²) in [4.78, 5) is 37.0. The van der Waals surface area contributed by atoms with Crippen molar-refractivity contribution in [2.24, 2.45) is 11.8 Å². The predicted octanol–water partition coefficient (Wildman–Crippen LogP) is 5.88. The standard InChI is InChI=1S/C29H28Cl2FN5O2.Cd/c1-35-7-9-36(10-8-35)29(39)17-5-6-22(30)21(12-17)18-13-25(37-15-19-11-20(19)16-37)27(33-14-18)34-28(38)26-23(31)3-2-4-24(26)32;/h2-6,12-14,19-20H,7-11,15-16H2,1H3,(H,33,34,38);/p-1. The number of carbonyl (C=O) groups is 2. The van der Waals surface area contributed by atoms with Gasteiger partial charge in [-0.2, -0.15) is 0 Å². The Hall–Kier alpha value is -2.28. The molecule has 2 saturated heterocycles. The van der Waals surface area contributed by atoms with E-state index in [1.807, 2.05) is 18.0 Å². The van der Waals surface area contributed by atoms with Crippen LogP contribution in [0.1, 0.15) is 27.1 Å². The van der Waals surface area contributed by atoms with Gasteiger partial charge in [0, 0.05) is 88.4 Å². The zero-order valence-electron chi connectivity index (χ0n) is 22.1. The van der Waals surface area contributed by atoms with Crippen LogP contribution < -0.4 is 4.90 Å². The van der Waals surface area contributed by atoms with Crippen LogP contribution in [0.4, 0.5) is 15.9 Å². The van der Waals surface area contributed by atoms with Crippen molar-refractivity contribution in [1.82, 2.24) is 14.8 Å². The molecule has 40 heavy (non-hydrogen) atoms. The molecule has 0 N–H and O–H groups in total.